The van der Waals surface area contributed by atoms with Crippen LogP contribution in [0.2, 0.25) is 0 Å². The smallest absolute Gasteiger partial charge is 0.123 e. The number of allylic oxidation sites excluding steroid dienone is 1. The molecule has 0 amide bonds. The standard InChI is InChI=1S/C61H44F2N4/c1-41-16-35-55-57-40-53(34-37-60(57)67(61(55)38-41)51-31-23-45(63)24-32-51)65(47-12-6-3-7-13-47)49-27-19-43(20-28-49)42-17-25-48(26-18-42)64(46-10-4-2-5-11-46)52-33-36-59-56(39-52)54-14-8-9-15-58(54)66(59)50-29-21-44(62)22-30-50/h2-37,39-41H,38H2,1H3. The van der Waals surface area contributed by atoms with Crippen LogP contribution in [-0.2, 0) is 6.42 Å². The summed E-state index contributed by atoms with van der Waals surface area (Å²) in [5.41, 5.74) is 16.1. The summed E-state index contributed by atoms with van der Waals surface area (Å²) in [5.74, 6) is -0.0898. The minimum atomic E-state index is -0.254. The molecule has 6 heteroatoms. The lowest BCUT2D eigenvalue weighted by Crippen LogP contribution is -2.10. The second-order valence-corrected chi connectivity index (χ2v) is 17.4. The summed E-state index contributed by atoms with van der Waals surface area (Å²) in [5, 5.41) is 3.42. The van der Waals surface area contributed by atoms with E-state index in [1.54, 1.807) is 12.1 Å². The minimum Gasteiger partial charge on any atom is -0.313 e. The summed E-state index contributed by atoms with van der Waals surface area (Å²) in [7, 11) is 0. The lowest BCUT2D eigenvalue weighted by Gasteiger charge is -2.26. The van der Waals surface area contributed by atoms with E-state index >= 15 is 0 Å². The minimum absolute atomic E-state index is 0.239. The molecule has 0 bridgehead atoms. The van der Waals surface area contributed by atoms with Gasteiger partial charge in [-0.15, -0.1) is 0 Å². The first-order valence-corrected chi connectivity index (χ1v) is 22.8. The first-order valence-electron chi connectivity index (χ1n) is 22.8. The Hall–Kier alpha value is -8.48. The Kier molecular flexibility index (Phi) is 9.87. The molecule has 0 fully saturated rings. The van der Waals surface area contributed by atoms with Gasteiger partial charge in [0, 0.05) is 72.9 Å². The van der Waals surface area contributed by atoms with E-state index < -0.39 is 0 Å². The molecular formula is C61H44F2N4. The molecule has 0 aliphatic heterocycles. The Bertz CT molecular complexity index is 3610. The highest BCUT2D eigenvalue weighted by Crippen LogP contribution is 2.43. The number of fused-ring (bicyclic) bond motifs is 6. The maximum atomic E-state index is 14.1. The van der Waals surface area contributed by atoms with Crippen molar-refractivity contribution >= 4 is 72.9 Å². The fraction of sp³-hybridized carbons (Fsp3) is 0.0492. The number of nitrogens with zero attached hydrogens (tertiary/aromatic N) is 4. The molecule has 0 radical (unpaired) electrons. The van der Waals surface area contributed by atoms with Crippen molar-refractivity contribution in [1.82, 2.24) is 9.13 Å². The molecule has 1 unspecified atom stereocenters. The van der Waals surface area contributed by atoms with Crippen LogP contribution < -0.4 is 9.80 Å². The van der Waals surface area contributed by atoms with Crippen LogP contribution in [0.25, 0.3) is 61.3 Å². The average Bonchev–Trinajstić information content (AvgIpc) is 3.87. The van der Waals surface area contributed by atoms with E-state index in [2.05, 4.69) is 196 Å². The Morgan fingerprint density at radius 3 is 1.39 bits per heavy atom. The molecule has 1 atom stereocenters. The highest BCUT2D eigenvalue weighted by molar-refractivity contribution is 6.10. The molecule has 9 aromatic carbocycles. The van der Waals surface area contributed by atoms with Gasteiger partial charge in [0.25, 0.3) is 0 Å². The topological polar surface area (TPSA) is 16.3 Å². The molecular weight excluding hydrogens is 827 g/mol. The van der Waals surface area contributed by atoms with Gasteiger partial charge < -0.3 is 18.9 Å². The van der Waals surface area contributed by atoms with Gasteiger partial charge in [-0.2, -0.15) is 0 Å². The first kappa shape index (κ1) is 40.1. The molecule has 11 aromatic rings. The van der Waals surface area contributed by atoms with Crippen LogP contribution in [0, 0.1) is 17.6 Å². The third kappa shape index (κ3) is 7.15. The predicted molar refractivity (Wildman–Crippen MR) is 274 cm³/mol. The number of aromatic nitrogens is 2. The number of halogens is 2. The van der Waals surface area contributed by atoms with E-state index in [0.717, 1.165) is 90.4 Å². The van der Waals surface area contributed by atoms with E-state index in [-0.39, 0.29) is 11.6 Å². The van der Waals surface area contributed by atoms with Crippen LogP contribution in [-0.4, -0.2) is 9.13 Å². The fourth-order valence-electron chi connectivity index (χ4n) is 10.0. The quantitative estimate of drug-likeness (QED) is 0.144. The van der Waals surface area contributed by atoms with E-state index in [1.807, 2.05) is 36.4 Å². The molecule has 0 spiro atoms. The molecule has 67 heavy (non-hydrogen) atoms. The van der Waals surface area contributed by atoms with E-state index in [9.17, 15) is 8.78 Å². The van der Waals surface area contributed by atoms with Gasteiger partial charge in [-0.1, -0.05) is 97.9 Å². The zero-order chi connectivity index (χ0) is 45.0. The van der Waals surface area contributed by atoms with Crippen molar-refractivity contribution in [3.05, 3.63) is 247 Å². The number of hydrogen-bond donors (Lipinski definition) is 0. The van der Waals surface area contributed by atoms with Gasteiger partial charge in [0.1, 0.15) is 11.6 Å². The van der Waals surface area contributed by atoms with Gasteiger partial charge in [-0.05, 0) is 163 Å². The van der Waals surface area contributed by atoms with Crippen LogP contribution >= 0.6 is 0 Å². The van der Waals surface area contributed by atoms with Crippen molar-refractivity contribution in [2.24, 2.45) is 5.92 Å². The van der Waals surface area contributed by atoms with Crippen LogP contribution in [0.1, 0.15) is 18.2 Å². The number of anilines is 6. The summed E-state index contributed by atoms with van der Waals surface area (Å²) in [4.78, 5) is 4.61. The van der Waals surface area contributed by atoms with Crippen LogP contribution in [0.3, 0.4) is 0 Å². The van der Waals surface area contributed by atoms with Gasteiger partial charge in [0.2, 0.25) is 0 Å². The van der Waals surface area contributed by atoms with Crippen LogP contribution in [0.15, 0.2) is 224 Å². The third-order valence-corrected chi connectivity index (χ3v) is 13.2. The number of hydrogen-bond acceptors (Lipinski definition) is 2. The fourth-order valence-corrected chi connectivity index (χ4v) is 10.0. The largest absolute Gasteiger partial charge is 0.313 e. The Morgan fingerprint density at radius 2 is 0.836 bits per heavy atom. The van der Waals surface area contributed by atoms with Crippen molar-refractivity contribution in [2.75, 3.05) is 9.80 Å². The van der Waals surface area contributed by atoms with Crippen molar-refractivity contribution < 1.29 is 8.78 Å². The number of benzene rings is 9. The van der Waals surface area contributed by atoms with Gasteiger partial charge in [-0.25, -0.2) is 8.78 Å². The highest BCUT2D eigenvalue weighted by Gasteiger charge is 2.24. The van der Waals surface area contributed by atoms with Crippen molar-refractivity contribution in [3.8, 4) is 22.5 Å². The molecule has 0 saturated heterocycles. The second kappa shape index (κ2) is 16.5. The summed E-state index contributed by atoms with van der Waals surface area (Å²) in [6.07, 6.45) is 5.46. The first-order chi connectivity index (χ1) is 32.9. The zero-order valence-electron chi connectivity index (χ0n) is 36.8. The molecule has 12 rings (SSSR count). The summed E-state index contributed by atoms with van der Waals surface area (Å²) in [6.45, 7) is 2.24. The van der Waals surface area contributed by atoms with Gasteiger partial charge >= 0.3 is 0 Å². The molecule has 322 valence electrons. The van der Waals surface area contributed by atoms with Gasteiger partial charge in [-0.3, -0.25) is 0 Å². The maximum Gasteiger partial charge on any atom is 0.123 e. The monoisotopic (exact) mass is 870 g/mol. The molecule has 4 nitrogen and oxygen atoms in total. The van der Waals surface area contributed by atoms with E-state index in [4.69, 9.17) is 0 Å². The van der Waals surface area contributed by atoms with Crippen molar-refractivity contribution in [2.45, 2.75) is 13.3 Å². The lowest BCUT2D eigenvalue weighted by atomic mass is 9.94. The summed E-state index contributed by atoms with van der Waals surface area (Å²) in [6, 6.07) is 73.8. The Labute approximate surface area is 388 Å². The average molecular weight is 871 g/mol. The lowest BCUT2D eigenvalue weighted by molar-refractivity contribution is 0.627. The normalized spacial score (nSPS) is 13.3. The molecule has 0 N–H and O–H groups in total. The van der Waals surface area contributed by atoms with Gasteiger partial charge in [0.05, 0.1) is 16.6 Å². The molecule has 0 saturated carbocycles. The van der Waals surface area contributed by atoms with Gasteiger partial charge in [0.15, 0.2) is 0 Å². The molecule has 1 aliphatic rings. The molecule has 2 heterocycles. The van der Waals surface area contributed by atoms with Crippen LogP contribution in [0.5, 0.6) is 0 Å². The molecule has 1 aliphatic carbocycles. The Morgan fingerprint density at radius 1 is 0.403 bits per heavy atom. The maximum absolute atomic E-state index is 14.1. The van der Waals surface area contributed by atoms with Crippen LogP contribution in [0.4, 0.5) is 42.9 Å². The third-order valence-electron chi connectivity index (χ3n) is 13.2. The summed E-state index contributed by atoms with van der Waals surface area (Å²) >= 11 is 0. The van der Waals surface area contributed by atoms with Crippen molar-refractivity contribution in [3.63, 3.8) is 0 Å². The number of rotatable bonds is 9. The Balaban J connectivity index is 0.896. The zero-order valence-corrected chi connectivity index (χ0v) is 36.8. The predicted octanol–water partition coefficient (Wildman–Crippen LogP) is 16.8. The van der Waals surface area contributed by atoms with E-state index in [0.29, 0.717) is 5.92 Å². The molecule has 2 aromatic heterocycles. The summed E-state index contributed by atoms with van der Waals surface area (Å²) < 4.78 is 32.6. The number of para-hydroxylation sites is 3. The highest BCUT2D eigenvalue weighted by atomic mass is 19.1. The SMILES string of the molecule is CC1C=Cc2c(n(-c3ccc(F)cc3)c3ccc(N(c4ccccc4)c4ccc(-c5ccc(N(c6ccccc6)c6ccc7c(c6)c6ccccc6n7-c6ccc(F)cc6)cc5)cc4)cc23)C1. The van der Waals surface area contributed by atoms with Crippen molar-refractivity contribution in [1.29, 1.82) is 0 Å². The second-order valence-electron chi connectivity index (χ2n) is 17.4. The van der Waals surface area contributed by atoms with E-state index in [1.165, 1.54) is 28.8 Å².